The summed E-state index contributed by atoms with van der Waals surface area (Å²) in [6.07, 6.45) is 1.44. The van der Waals surface area contributed by atoms with E-state index in [4.69, 9.17) is 5.73 Å². The molecule has 28 heavy (non-hydrogen) atoms. The summed E-state index contributed by atoms with van der Waals surface area (Å²) in [6.45, 7) is 0. The average Bonchev–Trinajstić information content (AvgIpc) is 2.74. The molecule has 5 N–H and O–H groups in total. The van der Waals surface area contributed by atoms with Crippen molar-refractivity contribution in [2.75, 3.05) is 0 Å². The number of phenols is 1. The van der Waals surface area contributed by atoms with Crippen LogP contribution in [-0.4, -0.2) is 32.8 Å². The number of allylic oxidation sites excluding steroid dienone is 3. The number of primary amides is 1. The van der Waals surface area contributed by atoms with E-state index in [-0.39, 0.29) is 46.7 Å². The number of fused-ring (bicyclic) bond motifs is 3. The van der Waals surface area contributed by atoms with E-state index in [2.05, 4.69) is 22.6 Å². The van der Waals surface area contributed by atoms with Gasteiger partial charge in [-0.1, -0.05) is 0 Å². The highest BCUT2D eigenvalue weighted by atomic mass is 127. The van der Waals surface area contributed by atoms with Gasteiger partial charge in [-0.15, -0.1) is 0 Å². The minimum atomic E-state index is -1.09. The number of rotatable bonds is 1. The maximum Gasteiger partial charge on any atom is 0.255 e. The first-order chi connectivity index (χ1) is 13.2. The number of carbonyl (C=O) groups excluding carboxylic acids is 3. The number of aliphatic hydroxyl groups is 2. The van der Waals surface area contributed by atoms with Crippen LogP contribution in [0.2, 0.25) is 0 Å². The zero-order valence-corrected chi connectivity index (χ0v) is 16.9. The highest BCUT2D eigenvalue weighted by molar-refractivity contribution is 14.1. The van der Waals surface area contributed by atoms with Crippen molar-refractivity contribution in [3.63, 3.8) is 0 Å². The lowest BCUT2D eigenvalue weighted by atomic mass is 9.65. The molecule has 0 aromatic heterocycles. The number of Topliss-reactive ketones (excluding diaryl/α,β-unsaturated/α-hetero) is 2. The van der Waals surface area contributed by atoms with Gasteiger partial charge in [0.05, 0.1) is 11.5 Å². The molecule has 0 aliphatic heterocycles. The number of aliphatic hydroxyl groups excluding tert-OH is 2. The Balaban J connectivity index is 1.87. The molecule has 3 atom stereocenters. The molecule has 0 radical (unpaired) electrons. The number of amides is 1. The van der Waals surface area contributed by atoms with E-state index in [1.807, 2.05) is 0 Å². The molecule has 4 rings (SSSR count). The fourth-order valence-corrected chi connectivity index (χ4v) is 5.45. The number of hydrogen-bond acceptors (Lipinski definition) is 6. The number of hydrogen-bond donors (Lipinski definition) is 4. The number of halogens is 1. The molecule has 0 bridgehead atoms. The number of ketones is 2. The number of carbonyl (C=O) groups is 3. The third-order valence-corrected chi connectivity index (χ3v) is 7.02. The summed E-state index contributed by atoms with van der Waals surface area (Å²) in [5, 5.41) is 31.3. The first-order valence-corrected chi connectivity index (χ1v) is 10.0. The van der Waals surface area contributed by atoms with Gasteiger partial charge in [-0.25, -0.2) is 0 Å². The predicted octanol–water partition coefficient (Wildman–Crippen LogP) is 2.46. The van der Waals surface area contributed by atoms with Crippen molar-refractivity contribution >= 4 is 40.1 Å². The zero-order chi connectivity index (χ0) is 20.3. The quantitative estimate of drug-likeness (QED) is 0.349. The molecule has 0 heterocycles. The van der Waals surface area contributed by atoms with Gasteiger partial charge in [-0.3, -0.25) is 14.4 Å². The third-order valence-electron chi connectivity index (χ3n) is 6.01. The van der Waals surface area contributed by atoms with E-state index >= 15 is 0 Å². The Hall–Kier alpha value is -2.36. The molecular weight excluding hydrogens is 477 g/mol. The lowest BCUT2D eigenvalue weighted by Crippen LogP contribution is -2.39. The fraction of sp³-hybridized carbons (Fsp3) is 0.350. The van der Waals surface area contributed by atoms with Crippen molar-refractivity contribution in [3.8, 4) is 5.75 Å². The van der Waals surface area contributed by atoms with E-state index in [1.54, 1.807) is 6.07 Å². The summed E-state index contributed by atoms with van der Waals surface area (Å²) in [7, 11) is 0. The largest absolute Gasteiger partial charge is 0.511 e. The van der Waals surface area contributed by atoms with Crippen LogP contribution >= 0.6 is 22.6 Å². The summed E-state index contributed by atoms with van der Waals surface area (Å²) in [5.41, 5.74) is 5.77. The highest BCUT2D eigenvalue weighted by Crippen LogP contribution is 2.49. The summed E-state index contributed by atoms with van der Waals surface area (Å²) in [4.78, 5) is 37.7. The van der Waals surface area contributed by atoms with Crippen LogP contribution in [0.5, 0.6) is 5.75 Å². The van der Waals surface area contributed by atoms with Gasteiger partial charge in [0.1, 0.15) is 22.8 Å². The van der Waals surface area contributed by atoms with Crippen LogP contribution in [-0.2, 0) is 16.0 Å². The van der Waals surface area contributed by atoms with Crippen LogP contribution in [0.4, 0.5) is 0 Å². The minimum Gasteiger partial charge on any atom is -0.511 e. The highest BCUT2D eigenvalue weighted by Gasteiger charge is 2.48. The molecule has 1 aromatic carbocycles. The van der Waals surface area contributed by atoms with Crippen molar-refractivity contribution < 1.29 is 29.7 Å². The Bertz CT molecular complexity index is 1010. The predicted molar refractivity (Wildman–Crippen MR) is 107 cm³/mol. The molecule has 1 amide bonds. The second-order valence-corrected chi connectivity index (χ2v) is 8.67. The van der Waals surface area contributed by atoms with Crippen LogP contribution in [0.25, 0.3) is 0 Å². The van der Waals surface area contributed by atoms with Crippen molar-refractivity contribution in [1.82, 2.24) is 0 Å². The van der Waals surface area contributed by atoms with Gasteiger partial charge < -0.3 is 21.1 Å². The Labute approximate surface area is 174 Å². The minimum absolute atomic E-state index is 0.114. The molecule has 0 spiro atoms. The second kappa shape index (κ2) is 6.61. The monoisotopic (exact) mass is 495 g/mol. The van der Waals surface area contributed by atoms with E-state index in [1.165, 1.54) is 6.07 Å². The molecule has 3 aliphatic rings. The van der Waals surface area contributed by atoms with Crippen LogP contribution < -0.4 is 5.73 Å². The van der Waals surface area contributed by atoms with Crippen molar-refractivity contribution in [2.24, 2.45) is 23.5 Å². The van der Waals surface area contributed by atoms with Crippen LogP contribution in [0.3, 0.4) is 0 Å². The van der Waals surface area contributed by atoms with E-state index in [0.717, 1.165) is 9.13 Å². The van der Waals surface area contributed by atoms with E-state index in [0.29, 0.717) is 19.3 Å². The maximum atomic E-state index is 13.1. The van der Waals surface area contributed by atoms with Crippen LogP contribution in [0, 0.1) is 21.3 Å². The van der Waals surface area contributed by atoms with Gasteiger partial charge in [-0.05, 0) is 71.4 Å². The third kappa shape index (κ3) is 2.65. The Morgan fingerprint density at radius 2 is 1.89 bits per heavy atom. The fourth-order valence-electron chi connectivity index (χ4n) is 4.78. The topological polar surface area (TPSA) is 138 Å². The molecule has 3 aliphatic carbocycles. The molecule has 8 heteroatoms. The van der Waals surface area contributed by atoms with Gasteiger partial charge in [0.25, 0.3) is 5.91 Å². The van der Waals surface area contributed by atoms with Crippen molar-refractivity contribution in [3.05, 3.63) is 49.5 Å². The van der Waals surface area contributed by atoms with Gasteiger partial charge in [-0.2, -0.15) is 0 Å². The summed E-state index contributed by atoms with van der Waals surface area (Å²) in [5.74, 6) is -4.88. The smallest absolute Gasteiger partial charge is 0.255 e. The molecular formula is C20H18INO6. The normalized spacial score (nSPS) is 27.1. The van der Waals surface area contributed by atoms with Crippen LogP contribution in [0.15, 0.2) is 34.8 Å². The standard InChI is InChI=1S/C20H18INO6/c21-10-2-4-11(23)15-9(10)6-8-5-7-1-3-12(24)16(20(22)28)19(27)13(7)17(25)14(8)18(15)26/h2,4,7-8,13,23-25H,1,3,5-6H2,(H2,22,28). The lowest BCUT2D eigenvalue weighted by molar-refractivity contribution is -0.124. The summed E-state index contributed by atoms with van der Waals surface area (Å²) >= 11 is 2.11. The lowest BCUT2D eigenvalue weighted by Gasteiger charge is -2.38. The number of phenolic OH excluding ortho intramolecular Hbond substituents is 1. The molecule has 3 unspecified atom stereocenters. The molecule has 0 saturated heterocycles. The van der Waals surface area contributed by atoms with Gasteiger partial charge in [0.15, 0.2) is 11.6 Å². The van der Waals surface area contributed by atoms with Gasteiger partial charge >= 0.3 is 0 Å². The number of nitrogens with two attached hydrogens (primary N) is 1. The second-order valence-electron chi connectivity index (χ2n) is 7.51. The molecule has 0 fully saturated rings. The zero-order valence-electron chi connectivity index (χ0n) is 14.7. The summed E-state index contributed by atoms with van der Waals surface area (Å²) < 4.78 is 0.853. The average molecular weight is 495 g/mol. The molecule has 146 valence electrons. The van der Waals surface area contributed by atoms with Crippen LogP contribution in [0.1, 0.15) is 35.2 Å². The number of benzene rings is 1. The maximum absolute atomic E-state index is 13.1. The van der Waals surface area contributed by atoms with Gasteiger partial charge in [0, 0.05) is 15.6 Å². The molecule has 0 saturated carbocycles. The Morgan fingerprint density at radius 3 is 2.57 bits per heavy atom. The molecule has 1 aromatic rings. The van der Waals surface area contributed by atoms with Crippen molar-refractivity contribution in [1.29, 1.82) is 0 Å². The first-order valence-electron chi connectivity index (χ1n) is 8.96. The summed E-state index contributed by atoms with van der Waals surface area (Å²) in [6, 6.07) is 3.17. The van der Waals surface area contributed by atoms with Gasteiger partial charge in [0.2, 0.25) is 0 Å². The van der Waals surface area contributed by atoms with E-state index < -0.39 is 29.0 Å². The SMILES string of the molecule is NC(=O)C1=C(O)CCC2CC3Cc4c(I)ccc(O)c4C(=O)C3=C(O)C2C1=O. The Morgan fingerprint density at radius 1 is 1.18 bits per heavy atom. The molecule has 7 nitrogen and oxygen atoms in total. The van der Waals surface area contributed by atoms with Crippen molar-refractivity contribution in [2.45, 2.75) is 25.7 Å². The first kappa shape index (κ1) is 19.0. The Kier molecular flexibility index (Phi) is 4.48. The number of aromatic hydroxyl groups is 1. The van der Waals surface area contributed by atoms with E-state index in [9.17, 15) is 29.7 Å².